The van der Waals surface area contributed by atoms with E-state index in [4.69, 9.17) is 0 Å². The molecule has 21 heavy (non-hydrogen) atoms. The zero-order chi connectivity index (χ0) is 14.4. The van der Waals surface area contributed by atoms with Crippen LogP contribution in [0.5, 0.6) is 0 Å². The molecule has 0 fully saturated rings. The molecule has 4 rings (SSSR count). The van der Waals surface area contributed by atoms with Gasteiger partial charge in [0.1, 0.15) is 0 Å². The molecule has 1 N–H and O–H groups in total. The van der Waals surface area contributed by atoms with Gasteiger partial charge in [0.2, 0.25) is 9.84 Å². The monoisotopic (exact) mass is 299 g/mol. The van der Waals surface area contributed by atoms with Crippen molar-refractivity contribution in [1.82, 2.24) is 24.6 Å². The lowest BCUT2D eigenvalue weighted by Crippen LogP contribution is -2.07. The predicted molar refractivity (Wildman–Crippen MR) is 74.5 cm³/mol. The van der Waals surface area contributed by atoms with Gasteiger partial charge in [-0.15, -0.1) is 10.2 Å². The van der Waals surface area contributed by atoms with Gasteiger partial charge in [0.15, 0.2) is 11.3 Å². The van der Waals surface area contributed by atoms with Crippen LogP contribution in [0.25, 0.3) is 16.8 Å². The maximum atomic E-state index is 12.7. The Labute approximate surface area is 119 Å². The maximum absolute atomic E-state index is 12.7. The summed E-state index contributed by atoms with van der Waals surface area (Å²) in [6.45, 7) is 0. The van der Waals surface area contributed by atoms with Crippen LogP contribution in [0.3, 0.4) is 0 Å². The molecule has 0 radical (unpaired) electrons. The van der Waals surface area contributed by atoms with E-state index in [9.17, 15) is 8.42 Å². The van der Waals surface area contributed by atoms with Gasteiger partial charge in [-0.2, -0.15) is 0 Å². The molecule has 0 aliphatic carbocycles. The zero-order valence-electron chi connectivity index (χ0n) is 10.6. The molecule has 0 unspecified atom stereocenters. The molecule has 0 saturated carbocycles. The van der Waals surface area contributed by atoms with Crippen LogP contribution in [-0.4, -0.2) is 33.0 Å². The van der Waals surface area contributed by atoms with Crippen LogP contribution in [0.4, 0.5) is 0 Å². The summed E-state index contributed by atoms with van der Waals surface area (Å²) in [5, 5.41) is 7.63. The van der Waals surface area contributed by atoms with Crippen LogP contribution in [0.15, 0.2) is 58.8 Å². The van der Waals surface area contributed by atoms with Crippen molar-refractivity contribution < 1.29 is 8.42 Å². The van der Waals surface area contributed by atoms with Gasteiger partial charge in [0.05, 0.1) is 16.6 Å². The van der Waals surface area contributed by atoms with Crippen molar-refractivity contribution in [2.24, 2.45) is 0 Å². The number of hydrogen-bond acceptors (Lipinski definition) is 5. The number of hydrogen-bond donors (Lipinski definition) is 1. The van der Waals surface area contributed by atoms with Crippen LogP contribution in [-0.2, 0) is 9.84 Å². The van der Waals surface area contributed by atoms with Gasteiger partial charge in [-0.05, 0) is 18.2 Å². The highest BCUT2D eigenvalue weighted by molar-refractivity contribution is 7.91. The second-order valence-corrected chi connectivity index (χ2v) is 6.31. The third kappa shape index (κ3) is 1.66. The molecular formula is C13H9N5O2S. The summed E-state index contributed by atoms with van der Waals surface area (Å²) in [4.78, 5) is 7.28. The van der Waals surface area contributed by atoms with Crippen LogP contribution in [0.1, 0.15) is 0 Å². The summed E-state index contributed by atoms with van der Waals surface area (Å²) in [5.41, 5.74) is 1.58. The Morgan fingerprint density at radius 2 is 1.86 bits per heavy atom. The van der Waals surface area contributed by atoms with Crippen molar-refractivity contribution in [2.45, 2.75) is 10.1 Å². The molecule has 0 atom stereocenters. The summed E-state index contributed by atoms with van der Waals surface area (Å²) >= 11 is 0. The molecule has 0 bridgehead atoms. The molecule has 0 saturated heterocycles. The Kier molecular flexibility index (Phi) is 2.36. The van der Waals surface area contributed by atoms with Gasteiger partial charge in [-0.3, -0.25) is 4.40 Å². The number of nitrogens with zero attached hydrogens (tertiary/aromatic N) is 4. The molecule has 4 aromatic rings. The van der Waals surface area contributed by atoms with E-state index >= 15 is 0 Å². The number of sulfone groups is 1. The summed E-state index contributed by atoms with van der Waals surface area (Å²) in [7, 11) is -3.74. The van der Waals surface area contributed by atoms with Crippen LogP contribution in [0, 0.1) is 0 Å². The SMILES string of the molecule is O=S(=O)(c1ccccc1)c1nnc2cnc3[nH]ccc3n12. The van der Waals surface area contributed by atoms with Crippen molar-refractivity contribution in [3.63, 3.8) is 0 Å². The van der Waals surface area contributed by atoms with Crippen molar-refractivity contribution in [3.8, 4) is 0 Å². The van der Waals surface area contributed by atoms with E-state index in [1.54, 1.807) is 30.5 Å². The molecule has 8 heteroatoms. The molecule has 0 aliphatic rings. The van der Waals surface area contributed by atoms with Crippen molar-refractivity contribution >= 4 is 26.6 Å². The first-order valence-electron chi connectivity index (χ1n) is 6.15. The predicted octanol–water partition coefficient (Wildman–Crippen LogP) is 1.44. The highest BCUT2D eigenvalue weighted by Gasteiger charge is 2.25. The number of rotatable bonds is 2. The summed E-state index contributed by atoms with van der Waals surface area (Å²) in [6, 6.07) is 9.91. The molecule has 0 aliphatic heterocycles. The normalized spacial score (nSPS) is 12.2. The van der Waals surface area contributed by atoms with Crippen LogP contribution < -0.4 is 0 Å². The fraction of sp³-hybridized carbons (Fsp3) is 0. The largest absolute Gasteiger partial charge is 0.345 e. The lowest BCUT2D eigenvalue weighted by molar-refractivity contribution is 0.586. The highest BCUT2D eigenvalue weighted by atomic mass is 32.2. The summed E-state index contributed by atoms with van der Waals surface area (Å²) in [6.07, 6.45) is 3.17. The molecular weight excluding hydrogens is 290 g/mol. The van der Waals surface area contributed by atoms with Gasteiger partial charge in [0, 0.05) is 6.20 Å². The first-order valence-corrected chi connectivity index (χ1v) is 7.63. The summed E-state index contributed by atoms with van der Waals surface area (Å²) in [5.74, 6) is 0. The number of aromatic amines is 1. The quantitative estimate of drug-likeness (QED) is 0.604. The van der Waals surface area contributed by atoms with E-state index < -0.39 is 9.84 Å². The van der Waals surface area contributed by atoms with E-state index in [1.165, 1.54) is 22.7 Å². The lowest BCUT2D eigenvalue weighted by Gasteiger charge is -2.03. The maximum Gasteiger partial charge on any atom is 0.259 e. The second kappa shape index (κ2) is 4.13. The molecule has 0 spiro atoms. The fourth-order valence-electron chi connectivity index (χ4n) is 2.23. The van der Waals surface area contributed by atoms with E-state index in [1.807, 2.05) is 0 Å². The van der Waals surface area contributed by atoms with E-state index in [0.29, 0.717) is 16.8 Å². The van der Waals surface area contributed by atoms with Crippen LogP contribution >= 0.6 is 0 Å². The molecule has 3 aromatic heterocycles. The standard InChI is InChI=1S/C13H9N5O2S/c19-21(20,9-4-2-1-3-5-9)13-17-16-11-8-15-12-10(18(11)13)6-7-14-12/h1-8,14H. The molecule has 104 valence electrons. The fourth-order valence-corrected chi connectivity index (χ4v) is 3.54. The smallest absolute Gasteiger partial charge is 0.259 e. The van der Waals surface area contributed by atoms with Crippen LogP contribution in [0.2, 0.25) is 0 Å². The average molecular weight is 299 g/mol. The third-order valence-corrected chi connectivity index (χ3v) is 4.84. The van der Waals surface area contributed by atoms with E-state index in [2.05, 4.69) is 20.2 Å². The lowest BCUT2D eigenvalue weighted by atomic mass is 10.4. The first kappa shape index (κ1) is 12.0. The van der Waals surface area contributed by atoms with E-state index in [-0.39, 0.29) is 10.1 Å². The molecule has 1 aromatic carbocycles. The Hall–Kier alpha value is -2.74. The zero-order valence-corrected chi connectivity index (χ0v) is 11.4. The average Bonchev–Trinajstić information content (AvgIpc) is 3.14. The molecule has 7 nitrogen and oxygen atoms in total. The Bertz CT molecular complexity index is 1050. The Morgan fingerprint density at radius 1 is 1.05 bits per heavy atom. The topological polar surface area (TPSA) is 93.0 Å². The number of fused-ring (bicyclic) bond motifs is 3. The van der Waals surface area contributed by atoms with Gasteiger partial charge >= 0.3 is 0 Å². The molecule has 0 amide bonds. The van der Waals surface area contributed by atoms with Crippen molar-refractivity contribution in [3.05, 3.63) is 48.8 Å². The number of nitrogens with one attached hydrogen (secondary N) is 1. The van der Waals surface area contributed by atoms with E-state index in [0.717, 1.165) is 0 Å². The number of H-pyrrole nitrogens is 1. The van der Waals surface area contributed by atoms with Gasteiger partial charge in [-0.25, -0.2) is 13.4 Å². The number of aromatic nitrogens is 5. The van der Waals surface area contributed by atoms with Gasteiger partial charge in [-0.1, -0.05) is 18.2 Å². The minimum absolute atomic E-state index is 0.115. The summed E-state index contributed by atoms with van der Waals surface area (Å²) < 4.78 is 26.9. The minimum Gasteiger partial charge on any atom is -0.345 e. The Balaban J connectivity index is 2.09. The van der Waals surface area contributed by atoms with Crippen molar-refractivity contribution in [1.29, 1.82) is 0 Å². The van der Waals surface area contributed by atoms with Gasteiger partial charge < -0.3 is 4.98 Å². The minimum atomic E-state index is -3.74. The first-order chi connectivity index (χ1) is 10.2. The highest BCUT2D eigenvalue weighted by Crippen LogP contribution is 2.22. The third-order valence-electron chi connectivity index (χ3n) is 3.21. The van der Waals surface area contributed by atoms with Gasteiger partial charge in [0.25, 0.3) is 5.16 Å². The molecule has 3 heterocycles. The Morgan fingerprint density at radius 3 is 2.67 bits per heavy atom. The number of benzene rings is 1. The van der Waals surface area contributed by atoms with Crippen molar-refractivity contribution in [2.75, 3.05) is 0 Å². The second-order valence-electron chi connectivity index (χ2n) is 4.46.